The normalized spacial score (nSPS) is 12.1. The molecule has 5 nitrogen and oxygen atoms in total. The van der Waals surface area contributed by atoms with Crippen LogP contribution < -0.4 is 10.6 Å². The molecule has 2 rings (SSSR count). The highest BCUT2D eigenvalue weighted by atomic mass is 16.3. The number of anilines is 2. The summed E-state index contributed by atoms with van der Waals surface area (Å²) in [4.78, 5) is 9.03. The zero-order valence-electron chi connectivity index (χ0n) is 13.0. The van der Waals surface area contributed by atoms with Crippen molar-refractivity contribution in [3.63, 3.8) is 0 Å². The van der Waals surface area contributed by atoms with E-state index in [-0.39, 0.29) is 0 Å². The smallest absolute Gasteiger partial charge is 0.133 e. The maximum absolute atomic E-state index is 5.36. The molecule has 0 aliphatic carbocycles. The Labute approximate surface area is 126 Å². The van der Waals surface area contributed by atoms with Crippen molar-refractivity contribution in [3.8, 4) is 0 Å². The Hall–Kier alpha value is -2.04. The van der Waals surface area contributed by atoms with Gasteiger partial charge in [0.15, 0.2) is 0 Å². The van der Waals surface area contributed by atoms with Crippen molar-refractivity contribution in [3.05, 3.63) is 36.0 Å². The Morgan fingerprint density at radius 3 is 2.71 bits per heavy atom. The molecule has 1 atom stereocenters. The Balaban J connectivity index is 1.95. The second kappa shape index (κ2) is 7.67. The molecule has 0 spiro atoms. The van der Waals surface area contributed by atoms with E-state index in [1.165, 1.54) is 0 Å². The van der Waals surface area contributed by atoms with Crippen LogP contribution in [-0.4, -0.2) is 23.1 Å². The summed E-state index contributed by atoms with van der Waals surface area (Å²) in [6.07, 6.45) is 5.57. The fraction of sp³-hybridized carbons (Fsp3) is 0.500. The van der Waals surface area contributed by atoms with Crippen LogP contribution in [0.4, 0.5) is 11.6 Å². The Bertz CT molecular complexity index is 539. The number of nitrogens with one attached hydrogen (secondary N) is 2. The predicted molar refractivity (Wildman–Crippen MR) is 85.7 cm³/mol. The Kier molecular flexibility index (Phi) is 5.60. The predicted octanol–water partition coefficient (Wildman–Crippen LogP) is 3.50. The number of nitrogens with zero attached hydrogens (tertiary/aromatic N) is 2. The standard InChI is InChI=1S/C16H24N4O/c1-4-6-14-19-15(17-3)11-16(20-14)18-12(2)8-9-13-7-5-10-21-13/h5,7,10-12H,4,6,8-9H2,1-3H3,(H2,17,18,19,20). The van der Waals surface area contributed by atoms with E-state index in [0.29, 0.717) is 6.04 Å². The maximum Gasteiger partial charge on any atom is 0.133 e. The SMILES string of the molecule is CCCc1nc(NC)cc(NC(C)CCc2ccco2)n1. The van der Waals surface area contributed by atoms with Gasteiger partial charge in [0.2, 0.25) is 0 Å². The number of rotatable bonds is 8. The zero-order chi connectivity index (χ0) is 15.1. The van der Waals surface area contributed by atoms with Gasteiger partial charge in [-0.3, -0.25) is 0 Å². The van der Waals surface area contributed by atoms with Crippen molar-refractivity contribution in [1.82, 2.24) is 9.97 Å². The summed E-state index contributed by atoms with van der Waals surface area (Å²) in [5.41, 5.74) is 0. The molecule has 21 heavy (non-hydrogen) atoms. The number of aromatic nitrogens is 2. The number of hydrogen-bond acceptors (Lipinski definition) is 5. The number of aryl methyl sites for hydroxylation is 2. The summed E-state index contributed by atoms with van der Waals surface area (Å²) in [6.45, 7) is 4.29. The van der Waals surface area contributed by atoms with E-state index in [1.54, 1.807) is 6.26 Å². The lowest BCUT2D eigenvalue weighted by molar-refractivity contribution is 0.495. The average Bonchev–Trinajstić information content (AvgIpc) is 2.98. The summed E-state index contributed by atoms with van der Waals surface area (Å²) in [5.74, 6) is 3.64. The van der Waals surface area contributed by atoms with Crippen LogP contribution in [-0.2, 0) is 12.8 Å². The molecule has 0 aliphatic heterocycles. The van der Waals surface area contributed by atoms with Crippen LogP contribution in [0.3, 0.4) is 0 Å². The Morgan fingerprint density at radius 1 is 1.24 bits per heavy atom. The molecule has 5 heteroatoms. The quantitative estimate of drug-likeness (QED) is 0.778. The molecule has 0 radical (unpaired) electrons. The van der Waals surface area contributed by atoms with Crippen LogP contribution in [0.25, 0.3) is 0 Å². The van der Waals surface area contributed by atoms with Gasteiger partial charge in [0, 0.05) is 32.0 Å². The monoisotopic (exact) mass is 288 g/mol. The molecule has 114 valence electrons. The van der Waals surface area contributed by atoms with E-state index < -0.39 is 0 Å². The Morgan fingerprint density at radius 2 is 2.05 bits per heavy atom. The van der Waals surface area contributed by atoms with Gasteiger partial charge in [-0.05, 0) is 31.9 Å². The molecule has 2 aromatic rings. The highest BCUT2D eigenvalue weighted by Crippen LogP contribution is 2.15. The highest BCUT2D eigenvalue weighted by Gasteiger charge is 2.08. The zero-order valence-corrected chi connectivity index (χ0v) is 13.0. The molecule has 0 aromatic carbocycles. The van der Waals surface area contributed by atoms with Crippen molar-refractivity contribution in [2.24, 2.45) is 0 Å². The molecular formula is C16H24N4O. The van der Waals surface area contributed by atoms with Gasteiger partial charge < -0.3 is 15.1 Å². The van der Waals surface area contributed by atoms with Gasteiger partial charge in [-0.2, -0.15) is 0 Å². The molecule has 0 bridgehead atoms. The van der Waals surface area contributed by atoms with E-state index in [0.717, 1.165) is 48.9 Å². The topological polar surface area (TPSA) is 63.0 Å². The summed E-state index contributed by atoms with van der Waals surface area (Å²) >= 11 is 0. The third-order valence-corrected chi connectivity index (χ3v) is 3.30. The molecule has 2 heterocycles. The van der Waals surface area contributed by atoms with Gasteiger partial charge in [0.25, 0.3) is 0 Å². The molecule has 1 unspecified atom stereocenters. The van der Waals surface area contributed by atoms with Crippen molar-refractivity contribution in [1.29, 1.82) is 0 Å². The van der Waals surface area contributed by atoms with E-state index in [2.05, 4.69) is 34.4 Å². The van der Waals surface area contributed by atoms with Crippen LogP contribution in [0.5, 0.6) is 0 Å². The minimum Gasteiger partial charge on any atom is -0.469 e. The first kappa shape index (κ1) is 15.4. The average molecular weight is 288 g/mol. The van der Waals surface area contributed by atoms with Crippen LogP contribution >= 0.6 is 0 Å². The lowest BCUT2D eigenvalue weighted by Crippen LogP contribution is -2.18. The van der Waals surface area contributed by atoms with Gasteiger partial charge >= 0.3 is 0 Å². The minimum atomic E-state index is 0.323. The number of furan rings is 1. The van der Waals surface area contributed by atoms with E-state index in [4.69, 9.17) is 4.42 Å². The molecular weight excluding hydrogens is 264 g/mol. The van der Waals surface area contributed by atoms with Gasteiger partial charge in [0.1, 0.15) is 23.2 Å². The first-order valence-corrected chi connectivity index (χ1v) is 7.56. The van der Waals surface area contributed by atoms with Crippen molar-refractivity contribution in [2.45, 2.75) is 45.6 Å². The van der Waals surface area contributed by atoms with Gasteiger partial charge in [-0.25, -0.2) is 9.97 Å². The molecule has 0 fully saturated rings. The van der Waals surface area contributed by atoms with Crippen molar-refractivity contribution < 1.29 is 4.42 Å². The molecule has 0 amide bonds. The lowest BCUT2D eigenvalue weighted by Gasteiger charge is -2.15. The number of hydrogen-bond donors (Lipinski definition) is 2. The van der Waals surface area contributed by atoms with E-state index >= 15 is 0 Å². The fourth-order valence-electron chi connectivity index (χ4n) is 2.17. The molecule has 0 aliphatic rings. The van der Waals surface area contributed by atoms with Gasteiger partial charge in [-0.15, -0.1) is 0 Å². The van der Waals surface area contributed by atoms with E-state index in [9.17, 15) is 0 Å². The third kappa shape index (κ3) is 4.77. The van der Waals surface area contributed by atoms with Crippen LogP contribution in [0.15, 0.2) is 28.9 Å². The summed E-state index contributed by atoms with van der Waals surface area (Å²) in [5, 5.41) is 6.53. The van der Waals surface area contributed by atoms with Crippen molar-refractivity contribution in [2.75, 3.05) is 17.7 Å². The molecule has 2 aromatic heterocycles. The van der Waals surface area contributed by atoms with Crippen LogP contribution in [0.1, 0.15) is 38.3 Å². The molecule has 0 saturated carbocycles. The molecule has 2 N–H and O–H groups in total. The molecule has 0 saturated heterocycles. The van der Waals surface area contributed by atoms with Crippen LogP contribution in [0, 0.1) is 0 Å². The third-order valence-electron chi connectivity index (χ3n) is 3.30. The first-order valence-electron chi connectivity index (χ1n) is 7.56. The lowest BCUT2D eigenvalue weighted by atomic mass is 10.1. The summed E-state index contributed by atoms with van der Waals surface area (Å²) < 4.78 is 5.36. The van der Waals surface area contributed by atoms with Crippen LogP contribution in [0.2, 0.25) is 0 Å². The van der Waals surface area contributed by atoms with E-state index in [1.807, 2.05) is 25.2 Å². The van der Waals surface area contributed by atoms with Gasteiger partial charge in [0.05, 0.1) is 6.26 Å². The largest absolute Gasteiger partial charge is 0.469 e. The maximum atomic E-state index is 5.36. The second-order valence-electron chi connectivity index (χ2n) is 5.22. The highest BCUT2D eigenvalue weighted by molar-refractivity contribution is 5.47. The minimum absolute atomic E-state index is 0.323. The summed E-state index contributed by atoms with van der Waals surface area (Å²) in [6, 6.07) is 6.20. The fourth-order valence-corrected chi connectivity index (χ4v) is 2.17. The first-order chi connectivity index (χ1) is 10.2. The summed E-state index contributed by atoms with van der Waals surface area (Å²) in [7, 11) is 1.88. The second-order valence-corrected chi connectivity index (χ2v) is 5.22. The van der Waals surface area contributed by atoms with Gasteiger partial charge in [-0.1, -0.05) is 6.92 Å². The van der Waals surface area contributed by atoms with Crippen molar-refractivity contribution >= 4 is 11.6 Å².